The quantitative estimate of drug-likeness (QED) is 0.257. The predicted octanol–water partition coefficient (Wildman–Crippen LogP) is 5.48. The molecule has 8 nitrogen and oxygen atoms in total. The number of hydrogen-bond acceptors (Lipinski definition) is 6. The molecule has 1 atom stereocenters. The van der Waals surface area contributed by atoms with Gasteiger partial charge in [0.25, 0.3) is 5.91 Å². The maximum absolute atomic E-state index is 13.2. The van der Waals surface area contributed by atoms with E-state index in [1.54, 1.807) is 0 Å². The zero-order valence-electron chi connectivity index (χ0n) is 22.7. The van der Waals surface area contributed by atoms with Crippen LogP contribution < -0.4 is 15.5 Å². The number of nitrogens with one attached hydrogen (secondary N) is 2. The number of nitrogens with zero attached hydrogens (tertiary/aromatic N) is 4. The lowest BCUT2D eigenvalue weighted by molar-refractivity contribution is -0.137. The second kappa shape index (κ2) is 11.3. The highest BCUT2D eigenvalue weighted by molar-refractivity contribution is 5.98. The minimum absolute atomic E-state index is 0.162. The number of rotatable bonds is 9. The number of anilines is 3. The number of amides is 1. The number of benzene rings is 2. The first-order valence-electron chi connectivity index (χ1n) is 13.9. The summed E-state index contributed by atoms with van der Waals surface area (Å²) in [6.45, 7) is 1.60. The number of ketones is 1. The fraction of sp³-hybridized carbons (Fsp3) is 0.290. The normalized spacial score (nSPS) is 15.9. The van der Waals surface area contributed by atoms with Crippen LogP contribution in [0.5, 0.6) is 0 Å². The monoisotopic (exact) mass is 574 g/mol. The van der Waals surface area contributed by atoms with Crippen LogP contribution in [0.25, 0.3) is 0 Å². The number of hydrogen-bond donors (Lipinski definition) is 2. The van der Waals surface area contributed by atoms with Crippen molar-refractivity contribution in [3.63, 3.8) is 0 Å². The first-order valence-corrected chi connectivity index (χ1v) is 13.9. The molecule has 0 saturated heterocycles. The highest BCUT2D eigenvalue weighted by Gasteiger charge is 2.31. The van der Waals surface area contributed by atoms with Gasteiger partial charge in [0.05, 0.1) is 18.0 Å². The minimum Gasteiger partial charge on any atom is -0.365 e. The number of carbonyl (C=O) groups is 2. The summed E-state index contributed by atoms with van der Waals surface area (Å²) in [5, 5.41) is 6.05. The minimum atomic E-state index is -4.42. The van der Waals surface area contributed by atoms with Crippen LogP contribution in [-0.2, 0) is 30.5 Å². The molecule has 2 N–H and O–H groups in total. The molecular weight excluding hydrogens is 545 g/mol. The molecule has 2 aliphatic rings. The molecule has 2 aromatic heterocycles. The van der Waals surface area contributed by atoms with Crippen LogP contribution in [0, 0.1) is 0 Å². The van der Waals surface area contributed by atoms with Gasteiger partial charge in [-0.2, -0.15) is 18.2 Å². The van der Waals surface area contributed by atoms with Crippen LogP contribution >= 0.6 is 0 Å². The first-order chi connectivity index (χ1) is 20.3. The van der Waals surface area contributed by atoms with Crippen LogP contribution in [0.3, 0.4) is 0 Å². The molecule has 2 aliphatic heterocycles. The molecule has 0 saturated carbocycles. The maximum atomic E-state index is 13.2. The number of Topliss-reactive ketones (excluding diaryl/α,β-unsaturated/α-hetero) is 1. The molecule has 4 heterocycles. The van der Waals surface area contributed by atoms with Crippen LogP contribution in [-0.4, -0.2) is 39.3 Å². The Hall–Kier alpha value is -4.67. The van der Waals surface area contributed by atoms with Gasteiger partial charge >= 0.3 is 6.18 Å². The molecule has 2 aromatic carbocycles. The third-order valence-corrected chi connectivity index (χ3v) is 7.78. The number of halogens is 3. The summed E-state index contributed by atoms with van der Waals surface area (Å²) < 4.78 is 40.9. The van der Waals surface area contributed by atoms with Gasteiger partial charge in [-0.1, -0.05) is 30.3 Å². The van der Waals surface area contributed by atoms with E-state index in [0.29, 0.717) is 44.0 Å². The Bertz CT molecular complexity index is 1620. The van der Waals surface area contributed by atoms with Crippen molar-refractivity contribution in [3.05, 3.63) is 101 Å². The lowest BCUT2D eigenvalue weighted by Crippen LogP contribution is -2.27. The van der Waals surface area contributed by atoms with E-state index in [4.69, 9.17) is 0 Å². The fourth-order valence-electron chi connectivity index (χ4n) is 5.59. The number of carbonyl (C=O) groups excluding carboxylic acids is 2. The number of alkyl halides is 3. The van der Waals surface area contributed by atoms with Gasteiger partial charge in [-0.3, -0.25) is 9.59 Å². The largest absolute Gasteiger partial charge is 0.416 e. The predicted molar refractivity (Wildman–Crippen MR) is 152 cm³/mol. The Morgan fingerprint density at radius 3 is 2.67 bits per heavy atom. The summed E-state index contributed by atoms with van der Waals surface area (Å²) in [5.41, 5.74) is 3.28. The molecule has 0 radical (unpaired) electrons. The molecule has 6 rings (SSSR count). The van der Waals surface area contributed by atoms with Crippen molar-refractivity contribution >= 4 is 29.1 Å². The third-order valence-electron chi connectivity index (χ3n) is 7.78. The van der Waals surface area contributed by atoms with Crippen LogP contribution in [0.15, 0.2) is 73.1 Å². The Morgan fingerprint density at radius 1 is 1.05 bits per heavy atom. The van der Waals surface area contributed by atoms with Gasteiger partial charge in [0.1, 0.15) is 11.4 Å². The molecule has 4 aromatic rings. The van der Waals surface area contributed by atoms with Crippen molar-refractivity contribution in [2.45, 2.75) is 44.4 Å². The summed E-state index contributed by atoms with van der Waals surface area (Å²) in [6.07, 6.45) is 1.04. The van der Waals surface area contributed by atoms with E-state index in [9.17, 15) is 22.8 Å². The summed E-state index contributed by atoms with van der Waals surface area (Å²) in [7, 11) is 0. The highest BCUT2D eigenvalue weighted by Crippen LogP contribution is 2.34. The van der Waals surface area contributed by atoms with Crippen LogP contribution in [0.2, 0.25) is 0 Å². The lowest BCUT2D eigenvalue weighted by atomic mass is 9.97. The Kier molecular flexibility index (Phi) is 7.40. The van der Waals surface area contributed by atoms with Crippen LogP contribution in [0.4, 0.5) is 30.6 Å². The topological polar surface area (TPSA) is 92.2 Å². The van der Waals surface area contributed by atoms with Crippen molar-refractivity contribution in [1.82, 2.24) is 19.9 Å². The van der Waals surface area contributed by atoms with Crippen molar-refractivity contribution < 1.29 is 22.8 Å². The molecule has 0 aliphatic carbocycles. The van der Waals surface area contributed by atoms with Crippen molar-refractivity contribution in [1.29, 1.82) is 0 Å². The standard InChI is InChI=1S/C31H29F3N6O2/c32-31(33,34)22-11-9-20(10-12-22)17-36-28-24(18-37-30(38-28)40-16-13-21-5-1-2-7-25(21)40)29(42)35-14-3-6-23-26-8-4-15-39(26)19-27(23)41/h1-2,4-5,7-12,15,18,23H,3,6,13-14,16-17,19H2,(H,35,42)(H,36,37,38). The molecule has 1 unspecified atom stereocenters. The van der Waals surface area contributed by atoms with Crippen LogP contribution in [0.1, 0.15) is 51.5 Å². The average molecular weight is 575 g/mol. The molecule has 42 heavy (non-hydrogen) atoms. The Labute approximate surface area is 240 Å². The zero-order valence-corrected chi connectivity index (χ0v) is 22.7. The van der Waals surface area contributed by atoms with E-state index < -0.39 is 11.7 Å². The second-order valence-corrected chi connectivity index (χ2v) is 10.5. The zero-order chi connectivity index (χ0) is 29.3. The Balaban J connectivity index is 1.17. The number of fused-ring (bicyclic) bond motifs is 2. The van der Waals surface area contributed by atoms with Gasteiger partial charge in [-0.05, 0) is 60.7 Å². The molecule has 0 fully saturated rings. The molecular formula is C31H29F3N6O2. The van der Waals surface area contributed by atoms with E-state index in [1.807, 2.05) is 46.0 Å². The molecule has 1 amide bonds. The summed E-state index contributed by atoms with van der Waals surface area (Å²) in [6, 6.07) is 16.7. The fourth-order valence-corrected chi connectivity index (χ4v) is 5.59. The molecule has 0 spiro atoms. The summed E-state index contributed by atoms with van der Waals surface area (Å²) >= 11 is 0. The van der Waals surface area contributed by atoms with E-state index in [0.717, 1.165) is 29.9 Å². The molecule has 0 bridgehead atoms. The van der Waals surface area contributed by atoms with Gasteiger partial charge in [-0.15, -0.1) is 0 Å². The smallest absolute Gasteiger partial charge is 0.365 e. The van der Waals surface area contributed by atoms with Gasteiger partial charge < -0.3 is 20.1 Å². The second-order valence-electron chi connectivity index (χ2n) is 10.5. The van der Waals surface area contributed by atoms with Crippen molar-refractivity contribution in [2.24, 2.45) is 0 Å². The summed E-state index contributed by atoms with van der Waals surface area (Å²) in [4.78, 5) is 36.8. The van der Waals surface area contributed by atoms with E-state index >= 15 is 0 Å². The first kappa shape index (κ1) is 27.5. The SMILES string of the molecule is O=C(NCCCC1C(=O)Cn2cccc21)c1cnc(N2CCc3ccccc32)nc1NCc1ccc(C(F)(F)F)cc1. The van der Waals surface area contributed by atoms with Crippen molar-refractivity contribution in [2.75, 3.05) is 23.3 Å². The van der Waals surface area contributed by atoms with E-state index in [2.05, 4.69) is 26.7 Å². The summed E-state index contributed by atoms with van der Waals surface area (Å²) in [5.74, 6) is 0.349. The molecule has 216 valence electrons. The number of aromatic nitrogens is 3. The highest BCUT2D eigenvalue weighted by atomic mass is 19.4. The van der Waals surface area contributed by atoms with Gasteiger partial charge in [0.15, 0.2) is 5.78 Å². The Morgan fingerprint density at radius 2 is 1.86 bits per heavy atom. The number of para-hydroxylation sites is 1. The van der Waals surface area contributed by atoms with Gasteiger partial charge in [0.2, 0.25) is 5.95 Å². The van der Waals surface area contributed by atoms with Gasteiger partial charge in [-0.25, -0.2) is 4.98 Å². The maximum Gasteiger partial charge on any atom is 0.416 e. The van der Waals surface area contributed by atoms with Crippen molar-refractivity contribution in [3.8, 4) is 0 Å². The third kappa shape index (κ3) is 5.59. The molecule has 11 heteroatoms. The van der Waals surface area contributed by atoms with E-state index in [-0.39, 0.29) is 35.5 Å². The van der Waals surface area contributed by atoms with E-state index in [1.165, 1.54) is 23.9 Å². The lowest BCUT2D eigenvalue weighted by Gasteiger charge is -2.19. The van der Waals surface area contributed by atoms with Gasteiger partial charge in [0, 0.05) is 43.4 Å². The average Bonchev–Trinajstić information content (AvgIpc) is 3.69.